The molecule has 1 unspecified atom stereocenters. The first-order chi connectivity index (χ1) is 17.2. The van der Waals surface area contributed by atoms with E-state index in [2.05, 4.69) is 10.3 Å². The molecule has 2 aromatic rings. The van der Waals surface area contributed by atoms with Gasteiger partial charge < -0.3 is 20.1 Å². The number of nitrogens with zero attached hydrogens (tertiary/aromatic N) is 2. The second-order valence-electron chi connectivity index (χ2n) is 9.50. The van der Waals surface area contributed by atoms with Crippen molar-refractivity contribution in [1.29, 1.82) is 0 Å². The second kappa shape index (κ2) is 10.9. The number of nitrogens with one attached hydrogen (secondary N) is 1. The lowest BCUT2D eigenvalue weighted by molar-refractivity contribution is -0.137. The molecule has 1 saturated heterocycles. The molecule has 36 heavy (non-hydrogen) atoms. The van der Waals surface area contributed by atoms with Gasteiger partial charge in [0.1, 0.15) is 6.61 Å². The van der Waals surface area contributed by atoms with Gasteiger partial charge in [0.25, 0.3) is 11.8 Å². The highest BCUT2D eigenvalue weighted by molar-refractivity contribution is 5.95. The molecule has 7 nitrogen and oxygen atoms in total. The standard InChI is InChI=1S/C26H30F3N3O4/c27-26(28,29)19-8-4-7-18(15-19)24(34)32-14-6-9-20(32)16-36-21-10-5-13-30-22(21)23(33)31-17-25(35)11-2-1-3-12-25/h4-5,7-8,10,13,15,20,35H,1-3,6,9,11-12,14,16-17H2,(H,31,33). The van der Waals surface area contributed by atoms with Gasteiger partial charge in [-0.3, -0.25) is 9.59 Å². The Bertz CT molecular complexity index is 1090. The van der Waals surface area contributed by atoms with Crippen LogP contribution < -0.4 is 10.1 Å². The van der Waals surface area contributed by atoms with Crippen LogP contribution in [0.3, 0.4) is 0 Å². The molecular weight excluding hydrogens is 475 g/mol. The van der Waals surface area contributed by atoms with Crippen molar-refractivity contribution in [2.24, 2.45) is 0 Å². The molecule has 1 aliphatic heterocycles. The molecule has 2 aliphatic rings. The van der Waals surface area contributed by atoms with Crippen LogP contribution in [0.1, 0.15) is 71.4 Å². The summed E-state index contributed by atoms with van der Waals surface area (Å²) in [6.07, 6.45) is 2.43. The molecule has 1 saturated carbocycles. The third kappa shape index (κ3) is 6.16. The van der Waals surface area contributed by atoms with Gasteiger partial charge in [-0.25, -0.2) is 4.98 Å². The van der Waals surface area contributed by atoms with Crippen LogP contribution in [0.2, 0.25) is 0 Å². The van der Waals surface area contributed by atoms with Gasteiger partial charge in [-0.2, -0.15) is 13.2 Å². The van der Waals surface area contributed by atoms with Gasteiger partial charge in [-0.1, -0.05) is 25.3 Å². The monoisotopic (exact) mass is 505 g/mol. The molecule has 194 valence electrons. The molecule has 1 atom stereocenters. The quantitative estimate of drug-likeness (QED) is 0.588. The summed E-state index contributed by atoms with van der Waals surface area (Å²) in [7, 11) is 0. The van der Waals surface area contributed by atoms with Crippen molar-refractivity contribution in [2.45, 2.75) is 62.8 Å². The van der Waals surface area contributed by atoms with Crippen molar-refractivity contribution >= 4 is 11.8 Å². The number of aromatic nitrogens is 1. The number of alkyl halides is 3. The molecule has 1 aromatic heterocycles. The van der Waals surface area contributed by atoms with E-state index in [0.29, 0.717) is 32.2 Å². The normalized spacial score (nSPS) is 19.7. The van der Waals surface area contributed by atoms with Gasteiger partial charge in [0, 0.05) is 24.8 Å². The number of likely N-dealkylation sites (tertiary alicyclic amines) is 1. The van der Waals surface area contributed by atoms with Gasteiger partial charge in [0.05, 0.1) is 17.2 Å². The Morgan fingerprint density at radius 2 is 1.92 bits per heavy atom. The highest BCUT2D eigenvalue weighted by Gasteiger charge is 2.34. The zero-order valence-electron chi connectivity index (χ0n) is 19.9. The van der Waals surface area contributed by atoms with E-state index in [4.69, 9.17) is 4.74 Å². The van der Waals surface area contributed by atoms with Crippen LogP contribution in [0.25, 0.3) is 0 Å². The summed E-state index contributed by atoms with van der Waals surface area (Å²) >= 11 is 0. The van der Waals surface area contributed by atoms with Crippen LogP contribution in [-0.4, -0.2) is 58.1 Å². The molecule has 1 aromatic carbocycles. The molecular formula is C26H30F3N3O4. The van der Waals surface area contributed by atoms with Crippen molar-refractivity contribution in [2.75, 3.05) is 19.7 Å². The summed E-state index contributed by atoms with van der Waals surface area (Å²) < 4.78 is 45.1. The third-order valence-corrected chi connectivity index (χ3v) is 6.85. The molecule has 1 aliphatic carbocycles. The number of amides is 2. The second-order valence-corrected chi connectivity index (χ2v) is 9.50. The first-order valence-corrected chi connectivity index (χ1v) is 12.2. The lowest BCUT2D eigenvalue weighted by atomic mass is 9.85. The van der Waals surface area contributed by atoms with Crippen LogP contribution in [0.4, 0.5) is 13.2 Å². The van der Waals surface area contributed by atoms with E-state index in [0.717, 1.165) is 31.4 Å². The van der Waals surface area contributed by atoms with E-state index < -0.39 is 29.2 Å². The number of carbonyl (C=O) groups excluding carboxylic acids is 2. The Hall–Kier alpha value is -3.14. The molecule has 2 fully saturated rings. The van der Waals surface area contributed by atoms with Crippen molar-refractivity contribution in [3.05, 3.63) is 59.4 Å². The van der Waals surface area contributed by atoms with Crippen molar-refractivity contribution in [3.8, 4) is 5.75 Å². The maximum absolute atomic E-state index is 13.1. The fourth-order valence-electron chi connectivity index (χ4n) is 4.85. The van der Waals surface area contributed by atoms with Gasteiger partial charge in [-0.15, -0.1) is 0 Å². The van der Waals surface area contributed by atoms with Crippen molar-refractivity contribution in [3.63, 3.8) is 0 Å². The minimum atomic E-state index is -4.53. The number of pyridine rings is 1. The Morgan fingerprint density at radius 1 is 1.14 bits per heavy atom. The van der Waals surface area contributed by atoms with Crippen LogP contribution in [0, 0.1) is 0 Å². The smallest absolute Gasteiger partial charge is 0.416 e. The molecule has 2 N–H and O–H groups in total. The summed E-state index contributed by atoms with van der Waals surface area (Å²) in [6.45, 7) is 0.604. The summed E-state index contributed by atoms with van der Waals surface area (Å²) in [6, 6.07) is 7.27. The lowest BCUT2D eigenvalue weighted by Crippen LogP contribution is -2.44. The number of hydrogen-bond acceptors (Lipinski definition) is 5. The fourth-order valence-corrected chi connectivity index (χ4v) is 4.85. The van der Waals surface area contributed by atoms with Gasteiger partial charge in [0.2, 0.25) is 0 Å². The average Bonchev–Trinajstić information content (AvgIpc) is 3.34. The first kappa shape index (κ1) is 25.9. The van der Waals surface area contributed by atoms with E-state index in [1.165, 1.54) is 23.2 Å². The average molecular weight is 506 g/mol. The van der Waals surface area contributed by atoms with Crippen LogP contribution in [0.5, 0.6) is 5.75 Å². The Kier molecular flexibility index (Phi) is 7.82. The molecule has 2 amide bonds. The van der Waals surface area contributed by atoms with E-state index in [-0.39, 0.29) is 36.2 Å². The molecule has 0 spiro atoms. The number of aliphatic hydroxyl groups is 1. The van der Waals surface area contributed by atoms with Crippen LogP contribution >= 0.6 is 0 Å². The van der Waals surface area contributed by atoms with Crippen molar-refractivity contribution in [1.82, 2.24) is 15.2 Å². The van der Waals surface area contributed by atoms with Crippen LogP contribution in [0.15, 0.2) is 42.6 Å². The van der Waals surface area contributed by atoms with E-state index >= 15 is 0 Å². The summed E-state index contributed by atoms with van der Waals surface area (Å²) in [5, 5.41) is 13.4. The molecule has 10 heteroatoms. The zero-order valence-corrected chi connectivity index (χ0v) is 19.9. The largest absolute Gasteiger partial charge is 0.489 e. The molecule has 2 heterocycles. The lowest BCUT2D eigenvalue weighted by Gasteiger charge is -2.32. The van der Waals surface area contributed by atoms with Crippen LogP contribution in [-0.2, 0) is 6.18 Å². The Morgan fingerprint density at radius 3 is 2.67 bits per heavy atom. The maximum Gasteiger partial charge on any atom is 0.416 e. The number of benzene rings is 1. The molecule has 0 bridgehead atoms. The maximum atomic E-state index is 13.1. The first-order valence-electron chi connectivity index (χ1n) is 12.2. The number of halogens is 3. The Labute approximate surface area is 207 Å². The number of hydrogen-bond donors (Lipinski definition) is 2. The van der Waals surface area contributed by atoms with Crippen molar-refractivity contribution < 1.29 is 32.6 Å². The number of ether oxygens (including phenoxy) is 1. The minimum Gasteiger partial charge on any atom is -0.489 e. The van der Waals surface area contributed by atoms with Gasteiger partial charge >= 0.3 is 6.18 Å². The van der Waals surface area contributed by atoms with Gasteiger partial charge in [0.15, 0.2) is 11.4 Å². The third-order valence-electron chi connectivity index (χ3n) is 6.85. The summed E-state index contributed by atoms with van der Waals surface area (Å²) in [5.41, 5.74) is -1.74. The topological polar surface area (TPSA) is 91.8 Å². The van der Waals surface area contributed by atoms with E-state index in [1.54, 1.807) is 12.1 Å². The highest BCUT2D eigenvalue weighted by Crippen LogP contribution is 2.31. The summed E-state index contributed by atoms with van der Waals surface area (Å²) in [4.78, 5) is 31.4. The highest BCUT2D eigenvalue weighted by atomic mass is 19.4. The number of rotatable bonds is 7. The SMILES string of the molecule is O=C(NCC1(O)CCCCC1)c1ncccc1OCC1CCCN1C(=O)c1cccc(C(F)(F)F)c1. The predicted octanol–water partition coefficient (Wildman–Crippen LogP) is 4.21. The summed E-state index contributed by atoms with van der Waals surface area (Å²) in [5.74, 6) is -0.714. The fraction of sp³-hybridized carbons (Fsp3) is 0.500. The zero-order chi connectivity index (χ0) is 25.8. The molecule has 0 radical (unpaired) electrons. The number of carbonyl (C=O) groups is 2. The predicted molar refractivity (Wildman–Crippen MR) is 126 cm³/mol. The molecule has 4 rings (SSSR count). The Balaban J connectivity index is 1.40. The van der Waals surface area contributed by atoms with E-state index in [9.17, 15) is 27.9 Å². The minimum absolute atomic E-state index is 0.0289. The van der Waals surface area contributed by atoms with E-state index in [1.807, 2.05) is 0 Å². The van der Waals surface area contributed by atoms with Gasteiger partial charge in [-0.05, 0) is 56.0 Å².